The lowest BCUT2D eigenvalue weighted by molar-refractivity contribution is -0.384. The van der Waals surface area contributed by atoms with Crippen LogP contribution in [0, 0.1) is 10.1 Å². The van der Waals surface area contributed by atoms with Crippen LogP contribution < -0.4 is 0 Å². The van der Waals surface area contributed by atoms with Crippen LogP contribution in [-0.4, -0.2) is 21.6 Å². The summed E-state index contributed by atoms with van der Waals surface area (Å²) in [5, 5.41) is 12.9. The Bertz CT molecular complexity index is 612. The highest BCUT2D eigenvalue weighted by Crippen LogP contribution is 2.31. The Morgan fingerprint density at radius 1 is 1.44 bits per heavy atom. The van der Waals surface area contributed by atoms with Gasteiger partial charge in [-0.3, -0.25) is 14.9 Å². The number of thiazole rings is 1. The van der Waals surface area contributed by atoms with E-state index in [1.54, 1.807) is 23.6 Å². The van der Waals surface area contributed by atoms with E-state index in [9.17, 15) is 14.9 Å². The molecule has 0 aliphatic heterocycles. The fraction of sp³-hybridized carbons (Fsp3) is 0.0909. The van der Waals surface area contributed by atoms with Gasteiger partial charge in [0.15, 0.2) is 5.78 Å². The number of benzene rings is 1. The lowest BCUT2D eigenvalue weighted by atomic mass is 10.2. The average molecular weight is 283 g/mol. The SMILES string of the molecule is O=C(CCl)c1csc(-c2ccccc2[N+](=O)[O-])n1. The zero-order valence-electron chi connectivity index (χ0n) is 9.00. The van der Waals surface area contributed by atoms with E-state index in [1.807, 2.05) is 0 Å². The van der Waals surface area contributed by atoms with Crippen LogP contribution in [-0.2, 0) is 0 Å². The van der Waals surface area contributed by atoms with Gasteiger partial charge in [-0.1, -0.05) is 12.1 Å². The highest BCUT2D eigenvalue weighted by Gasteiger charge is 2.18. The third-order valence-electron chi connectivity index (χ3n) is 2.24. The van der Waals surface area contributed by atoms with Crippen LogP contribution in [0.2, 0.25) is 0 Å². The lowest BCUT2D eigenvalue weighted by Gasteiger charge is -1.97. The van der Waals surface area contributed by atoms with Crippen LogP contribution in [0.3, 0.4) is 0 Å². The predicted octanol–water partition coefficient (Wildman–Crippen LogP) is 3.14. The maximum atomic E-state index is 11.4. The van der Waals surface area contributed by atoms with E-state index in [0.29, 0.717) is 10.6 Å². The number of aromatic nitrogens is 1. The van der Waals surface area contributed by atoms with Crippen molar-refractivity contribution in [2.24, 2.45) is 0 Å². The number of hydrogen-bond acceptors (Lipinski definition) is 5. The van der Waals surface area contributed by atoms with Gasteiger partial charge in [-0.25, -0.2) is 4.98 Å². The van der Waals surface area contributed by atoms with Gasteiger partial charge in [0.2, 0.25) is 0 Å². The number of ketones is 1. The van der Waals surface area contributed by atoms with Gasteiger partial charge >= 0.3 is 0 Å². The summed E-state index contributed by atoms with van der Waals surface area (Å²) in [6.45, 7) is 0. The number of halogens is 1. The average Bonchev–Trinajstić information content (AvgIpc) is 2.87. The number of nitro groups is 1. The standard InChI is InChI=1S/C11H7ClN2O3S/c12-5-10(15)8-6-18-11(13-8)7-3-1-2-4-9(7)14(16)17/h1-4,6H,5H2. The fourth-order valence-electron chi connectivity index (χ4n) is 1.41. The van der Waals surface area contributed by atoms with Crippen molar-refractivity contribution >= 4 is 34.4 Å². The first kappa shape index (κ1) is 12.7. The van der Waals surface area contributed by atoms with Gasteiger partial charge in [-0.05, 0) is 6.07 Å². The molecule has 2 aromatic rings. The second-order valence-electron chi connectivity index (χ2n) is 3.37. The molecule has 0 unspecified atom stereocenters. The molecule has 1 aromatic heterocycles. The molecule has 0 amide bonds. The quantitative estimate of drug-likeness (QED) is 0.374. The van der Waals surface area contributed by atoms with Crippen molar-refractivity contribution in [3.05, 3.63) is 45.5 Å². The highest BCUT2D eigenvalue weighted by molar-refractivity contribution is 7.13. The van der Waals surface area contributed by atoms with Gasteiger partial charge in [-0.15, -0.1) is 22.9 Å². The summed E-state index contributed by atoms with van der Waals surface area (Å²) in [5.74, 6) is -0.446. The maximum absolute atomic E-state index is 11.4. The Labute approximate surface area is 111 Å². The molecule has 0 spiro atoms. The number of para-hydroxylation sites is 1. The number of Topliss-reactive ketones (excluding diaryl/α,β-unsaturated/α-hetero) is 1. The number of nitrogens with zero attached hydrogens (tertiary/aromatic N) is 2. The Kier molecular flexibility index (Phi) is 3.69. The molecule has 0 saturated heterocycles. The minimum absolute atomic E-state index is 0.0308. The Balaban J connectivity index is 2.46. The number of carbonyl (C=O) groups excluding carboxylic acids is 1. The van der Waals surface area contributed by atoms with Gasteiger partial charge in [0, 0.05) is 11.4 Å². The minimum Gasteiger partial charge on any atom is -0.291 e. The topological polar surface area (TPSA) is 73.1 Å². The molecule has 1 aromatic carbocycles. The smallest absolute Gasteiger partial charge is 0.279 e. The summed E-state index contributed by atoms with van der Waals surface area (Å²) < 4.78 is 0. The van der Waals surface area contributed by atoms with Crippen molar-refractivity contribution in [1.82, 2.24) is 4.98 Å². The van der Waals surface area contributed by atoms with Crippen LogP contribution in [0.25, 0.3) is 10.6 Å². The Hall–Kier alpha value is -1.79. The molecule has 1 heterocycles. The van der Waals surface area contributed by atoms with Crippen LogP contribution in [0.15, 0.2) is 29.6 Å². The molecule has 0 atom stereocenters. The molecule has 0 saturated carbocycles. The lowest BCUT2D eigenvalue weighted by Crippen LogP contribution is -2.00. The first-order valence-corrected chi connectivity index (χ1v) is 6.33. The predicted molar refractivity (Wildman–Crippen MR) is 69.3 cm³/mol. The molecule has 0 bridgehead atoms. The molecule has 7 heteroatoms. The normalized spacial score (nSPS) is 10.3. The molecule has 0 aliphatic rings. The summed E-state index contributed by atoms with van der Waals surface area (Å²) in [5.41, 5.74) is 0.612. The van der Waals surface area contributed by atoms with E-state index in [1.165, 1.54) is 17.4 Å². The molecular formula is C11H7ClN2O3S. The van der Waals surface area contributed by atoms with Crippen molar-refractivity contribution in [2.75, 3.05) is 5.88 Å². The minimum atomic E-state index is -0.472. The zero-order valence-corrected chi connectivity index (χ0v) is 10.6. The molecule has 18 heavy (non-hydrogen) atoms. The molecule has 2 rings (SSSR count). The van der Waals surface area contributed by atoms with Crippen molar-refractivity contribution in [3.8, 4) is 10.6 Å². The van der Waals surface area contributed by atoms with Gasteiger partial charge in [0.25, 0.3) is 5.69 Å². The van der Waals surface area contributed by atoms with Crippen LogP contribution in [0.4, 0.5) is 5.69 Å². The van der Waals surface area contributed by atoms with E-state index in [0.717, 1.165) is 0 Å². The zero-order chi connectivity index (χ0) is 13.1. The van der Waals surface area contributed by atoms with Crippen molar-refractivity contribution < 1.29 is 9.72 Å². The Morgan fingerprint density at radius 2 is 2.17 bits per heavy atom. The van der Waals surface area contributed by atoms with Gasteiger partial charge in [0.1, 0.15) is 10.7 Å². The third kappa shape index (κ3) is 2.39. The van der Waals surface area contributed by atoms with Crippen molar-refractivity contribution in [2.45, 2.75) is 0 Å². The first-order chi connectivity index (χ1) is 8.63. The van der Waals surface area contributed by atoms with E-state index in [-0.39, 0.29) is 23.0 Å². The van der Waals surface area contributed by atoms with E-state index >= 15 is 0 Å². The van der Waals surface area contributed by atoms with E-state index in [2.05, 4.69) is 4.98 Å². The number of hydrogen-bond donors (Lipinski definition) is 0. The van der Waals surface area contributed by atoms with E-state index < -0.39 is 4.92 Å². The molecule has 0 aliphatic carbocycles. The third-order valence-corrected chi connectivity index (χ3v) is 3.36. The Morgan fingerprint density at radius 3 is 2.83 bits per heavy atom. The van der Waals surface area contributed by atoms with Crippen molar-refractivity contribution in [1.29, 1.82) is 0 Å². The molecule has 92 valence electrons. The summed E-state index contributed by atoms with van der Waals surface area (Å²) in [4.78, 5) is 25.8. The highest BCUT2D eigenvalue weighted by atomic mass is 35.5. The van der Waals surface area contributed by atoms with Crippen molar-refractivity contribution in [3.63, 3.8) is 0 Å². The van der Waals surface area contributed by atoms with Crippen LogP contribution >= 0.6 is 22.9 Å². The van der Waals surface area contributed by atoms with Gasteiger partial charge in [0.05, 0.1) is 16.4 Å². The number of alkyl halides is 1. The first-order valence-electron chi connectivity index (χ1n) is 4.92. The van der Waals surface area contributed by atoms with Crippen LogP contribution in [0.5, 0.6) is 0 Å². The summed E-state index contributed by atoms with van der Waals surface area (Å²) in [7, 11) is 0. The number of carbonyl (C=O) groups is 1. The van der Waals surface area contributed by atoms with Gasteiger partial charge in [-0.2, -0.15) is 0 Å². The number of rotatable bonds is 4. The maximum Gasteiger partial charge on any atom is 0.279 e. The summed E-state index contributed by atoms with van der Waals surface area (Å²) >= 11 is 6.61. The largest absolute Gasteiger partial charge is 0.291 e. The number of nitro benzene ring substituents is 1. The molecule has 0 fully saturated rings. The fourth-order valence-corrected chi connectivity index (χ4v) is 2.40. The summed E-state index contributed by atoms with van der Waals surface area (Å²) in [6, 6.07) is 6.28. The molecule has 0 radical (unpaired) electrons. The summed E-state index contributed by atoms with van der Waals surface area (Å²) in [6.07, 6.45) is 0. The molecule has 0 N–H and O–H groups in total. The second kappa shape index (κ2) is 5.24. The van der Waals surface area contributed by atoms with Crippen LogP contribution in [0.1, 0.15) is 10.5 Å². The van der Waals surface area contributed by atoms with E-state index in [4.69, 9.17) is 11.6 Å². The second-order valence-corrected chi connectivity index (χ2v) is 4.49. The van der Waals surface area contributed by atoms with Gasteiger partial charge < -0.3 is 0 Å². The molecule has 5 nitrogen and oxygen atoms in total. The molecular weight excluding hydrogens is 276 g/mol. The monoisotopic (exact) mass is 282 g/mol.